The summed E-state index contributed by atoms with van der Waals surface area (Å²) in [6.45, 7) is 7.61. The lowest BCUT2D eigenvalue weighted by molar-refractivity contribution is 0.0560. The van der Waals surface area contributed by atoms with Crippen molar-refractivity contribution >= 4 is 11.8 Å². The summed E-state index contributed by atoms with van der Waals surface area (Å²) < 4.78 is 0. The molecule has 102 valence electrons. The predicted molar refractivity (Wildman–Crippen MR) is 78.7 cm³/mol. The second kappa shape index (κ2) is 6.98. The summed E-state index contributed by atoms with van der Waals surface area (Å²) in [6, 6.07) is 0.581. The molecule has 0 spiro atoms. The van der Waals surface area contributed by atoms with Gasteiger partial charge in [-0.1, -0.05) is 6.92 Å². The van der Waals surface area contributed by atoms with Gasteiger partial charge in [0.2, 0.25) is 0 Å². The molecular weight excluding hydrogens is 230 g/mol. The number of nitrogens with zero attached hydrogens (tertiary/aromatic N) is 2. The molecule has 0 saturated carbocycles. The molecule has 17 heavy (non-hydrogen) atoms. The Hall–Kier alpha value is 0.230. The van der Waals surface area contributed by atoms with Crippen LogP contribution in [0.2, 0.25) is 0 Å². The van der Waals surface area contributed by atoms with Gasteiger partial charge in [-0.15, -0.1) is 0 Å². The van der Waals surface area contributed by atoms with Crippen LogP contribution in [-0.4, -0.2) is 66.6 Å². The smallest absolute Gasteiger partial charge is 0.0425 e. The van der Waals surface area contributed by atoms with Crippen LogP contribution in [-0.2, 0) is 0 Å². The van der Waals surface area contributed by atoms with E-state index in [4.69, 9.17) is 5.73 Å². The van der Waals surface area contributed by atoms with Crippen LogP contribution in [0.4, 0.5) is 0 Å². The van der Waals surface area contributed by atoms with Crippen molar-refractivity contribution in [1.29, 1.82) is 0 Å². The van der Waals surface area contributed by atoms with Crippen LogP contribution in [0.15, 0.2) is 0 Å². The first-order valence-corrected chi connectivity index (χ1v) is 7.90. The Kier molecular flexibility index (Phi) is 6.27. The molecule has 3 nitrogen and oxygen atoms in total. The maximum absolute atomic E-state index is 6.11. The molecule has 1 saturated heterocycles. The minimum absolute atomic E-state index is 0.243. The molecule has 1 heterocycles. The lowest BCUT2D eigenvalue weighted by Crippen LogP contribution is -2.61. The van der Waals surface area contributed by atoms with Gasteiger partial charge in [-0.05, 0) is 46.2 Å². The quantitative estimate of drug-likeness (QED) is 0.783. The fraction of sp³-hybridized carbons (Fsp3) is 1.00. The number of hydrogen-bond acceptors (Lipinski definition) is 4. The molecule has 1 fully saturated rings. The molecule has 4 heteroatoms. The monoisotopic (exact) mass is 259 g/mol. The molecule has 0 aromatic carbocycles. The second-order valence-corrected chi connectivity index (χ2v) is 6.59. The molecule has 1 aliphatic heterocycles. The largest absolute Gasteiger partial charge is 0.329 e. The Labute approximate surface area is 111 Å². The van der Waals surface area contributed by atoms with Gasteiger partial charge in [0, 0.05) is 30.4 Å². The van der Waals surface area contributed by atoms with Crippen molar-refractivity contribution in [2.24, 2.45) is 5.73 Å². The van der Waals surface area contributed by atoms with Crippen LogP contribution in [0.5, 0.6) is 0 Å². The summed E-state index contributed by atoms with van der Waals surface area (Å²) in [5.41, 5.74) is 6.36. The molecule has 0 amide bonds. The van der Waals surface area contributed by atoms with Gasteiger partial charge in [0.15, 0.2) is 0 Å². The fourth-order valence-electron chi connectivity index (χ4n) is 3.08. The van der Waals surface area contributed by atoms with Crippen molar-refractivity contribution in [2.75, 3.05) is 45.2 Å². The maximum atomic E-state index is 6.11. The molecule has 0 bridgehead atoms. The number of likely N-dealkylation sites (N-methyl/N-ethyl adjacent to an activating group) is 2. The standard InChI is InChI=1S/C13H29N3S/c1-5-16(12(2)9-15(3)4)13(10-14)7-6-8-17-11-13/h12H,5-11,14H2,1-4H3. The van der Waals surface area contributed by atoms with Crippen LogP contribution < -0.4 is 5.73 Å². The number of nitrogens with two attached hydrogens (primary N) is 1. The Morgan fingerprint density at radius 3 is 2.53 bits per heavy atom. The third-order valence-corrected chi connectivity index (χ3v) is 5.11. The first kappa shape index (κ1) is 15.3. The Bertz CT molecular complexity index is 215. The van der Waals surface area contributed by atoms with E-state index in [1.807, 2.05) is 0 Å². The lowest BCUT2D eigenvalue weighted by atomic mass is 9.91. The van der Waals surface area contributed by atoms with Gasteiger partial charge in [0.05, 0.1) is 0 Å². The van der Waals surface area contributed by atoms with Crippen molar-refractivity contribution in [3.8, 4) is 0 Å². The zero-order valence-corrected chi connectivity index (χ0v) is 12.7. The van der Waals surface area contributed by atoms with Crippen molar-refractivity contribution < 1.29 is 0 Å². The molecule has 2 atom stereocenters. The minimum Gasteiger partial charge on any atom is -0.329 e. The average Bonchev–Trinajstić information content (AvgIpc) is 2.30. The van der Waals surface area contributed by atoms with Gasteiger partial charge in [0.25, 0.3) is 0 Å². The van der Waals surface area contributed by atoms with Crippen molar-refractivity contribution in [3.05, 3.63) is 0 Å². The molecule has 0 aliphatic carbocycles. The molecule has 1 aliphatic rings. The second-order valence-electron chi connectivity index (χ2n) is 5.48. The van der Waals surface area contributed by atoms with Gasteiger partial charge in [-0.3, -0.25) is 4.90 Å². The van der Waals surface area contributed by atoms with E-state index in [1.54, 1.807) is 0 Å². The van der Waals surface area contributed by atoms with E-state index in [0.29, 0.717) is 6.04 Å². The van der Waals surface area contributed by atoms with Gasteiger partial charge >= 0.3 is 0 Å². The molecule has 0 aromatic rings. The van der Waals surface area contributed by atoms with Crippen LogP contribution in [0.3, 0.4) is 0 Å². The summed E-state index contributed by atoms with van der Waals surface area (Å²) in [7, 11) is 4.30. The summed E-state index contributed by atoms with van der Waals surface area (Å²) >= 11 is 2.07. The fourth-order valence-corrected chi connectivity index (χ4v) is 4.38. The van der Waals surface area contributed by atoms with Crippen molar-refractivity contribution in [2.45, 2.75) is 38.3 Å². The molecule has 0 aromatic heterocycles. The van der Waals surface area contributed by atoms with E-state index >= 15 is 0 Å². The highest BCUT2D eigenvalue weighted by molar-refractivity contribution is 7.99. The highest BCUT2D eigenvalue weighted by Crippen LogP contribution is 2.32. The van der Waals surface area contributed by atoms with E-state index in [2.05, 4.69) is 49.5 Å². The lowest BCUT2D eigenvalue weighted by Gasteiger charge is -2.48. The van der Waals surface area contributed by atoms with E-state index < -0.39 is 0 Å². The van der Waals surface area contributed by atoms with Crippen molar-refractivity contribution in [3.63, 3.8) is 0 Å². The molecule has 1 rings (SSSR count). The van der Waals surface area contributed by atoms with E-state index in [9.17, 15) is 0 Å². The van der Waals surface area contributed by atoms with Crippen LogP contribution in [0, 0.1) is 0 Å². The van der Waals surface area contributed by atoms with Gasteiger partial charge in [0.1, 0.15) is 0 Å². The third kappa shape index (κ3) is 3.85. The SMILES string of the molecule is CCN(C(C)CN(C)C)C1(CN)CCCSC1. The molecular formula is C13H29N3S. The van der Waals surface area contributed by atoms with Gasteiger partial charge in [-0.2, -0.15) is 11.8 Å². The van der Waals surface area contributed by atoms with E-state index in [0.717, 1.165) is 19.6 Å². The molecule has 2 unspecified atom stereocenters. The number of hydrogen-bond donors (Lipinski definition) is 1. The van der Waals surface area contributed by atoms with Gasteiger partial charge in [-0.25, -0.2) is 0 Å². The molecule has 0 radical (unpaired) electrons. The normalized spacial score (nSPS) is 27.7. The van der Waals surface area contributed by atoms with Crippen molar-refractivity contribution in [1.82, 2.24) is 9.80 Å². The Balaban J connectivity index is 2.74. The Morgan fingerprint density at radius 2 is 2.12 bits per heavy atom. The first-order valence-electron chi connectivity index (χ1n) is 6.75. The summed E-state index contributed by atoms with van der Waals surface area (Å²) in [5, 5.41) is 0. The Morgan fingerprint density at radius 1 is 1.41 bits per heavy atom. The predicted octanol–water partition coefficient (Wildman–Crippen LogP) is 1.48. The highest BCUT2D eigenvalue weighted by atomic mass is 32.2. The molecule has 2 N–H and O–H groups in total. The van der Waals surface area contributed by atoms with Crippen LogP contribution in [0.25, 0.3) is 0 Å². The summed E-state index contributed by atoms with van der Waals surface area (Å²) in [5.74, 6) is 2.51. The highest BCUT2D eigenvalue weighted by Gasteiger charge is 2.38. The minimum atomic E-state index is 0.243. The number of thioether (sulfide) groups is 1. The van der Waals surface area contributed by atoms with E-state index in [1.165, 1.54) is 24.3 Å². The first-order chi connectivity index (χ1) is 8.05. The number of rotatable bonds is 6. The zero-order chi connectivity index (χ0) is 12.9. The summed E-state index contributed by atoms with van der Waals surface area (Å²) in [4.78, 5) is 4.91. The zero-order valence-electron chi connectivity index (χ0n) is 11.9. The van der Waals surface area contributed by atoms with E-state index in [-0.39, 0.29) is 5.54 Å². The average molecular weight is 259 g/mol. The maximum Gasteiger partial charge on any atom is 0.0425 e. The topological polar surface area (TPSA) is 32.5 Å². The van der Waals surface area contributed by atoms with Crippen LogP contribution in [0.1, 0.15) is 26.7 Å². The van der Waals surface area contributed by atoms with Crippen LogP contribution >= 0.6 is 11.8 Å². The van der Waals surface area contributed by atoms with Gasteiger partial charge < -0.3 is 10.6 Å². The summed E-state index contributed by atoms with van der Waals surface area (Å²) in [6.07, 6.45) is 2.58. The third-order valence-electron chi connectivity index (χ3n) is 3.79.